The second kappa shape index (κ2) is 4.49. The van der Waals surface area contributed by atoms with Crippen molar-refractivity contribution < 1.29 is 0 Å². The summed E-state index contributed by atoms with van der Waals surface area (Å²) >= 11 is 1.88. The minimum atomic E-state index is 0.450. The monoisotopic (exact) mass is 265 g/mol. The van der Waals surface area contributed by atoms with E-state index in [1.165, 1.54) is 35.0 Å². The molecule has 4 heteroatoms. The highest BCUT2D eigenvalue weighted by atomic mass is 32.1. The molecule has 1 aromatic rings. The Bertz CT molecular complexity index is 434. The Morgan fingerprint density at radius 2 is 2.22 bits per heavy atom. The maximum atomic E-state index is 4.76. The third-order valence-electron chi connectivity index (χ3n) is 3.96. The van der Waals surface area contributed by atoms with E-state index in [1.807, 2.05) is 11.3 Å². The molecule has 0 spiro atoms. The minimum Gasteiger partial charge on any atom is -0.348 e. The molecule has 1 saturated heterocycles. The van der Waals surface area contributed by atoms with E-state index in [4.69, 9.17) is 4.98 Å². The zero-order chi connectivity index (χ0) is 12.8. The lowest BCUT2D eigenvalue weighted by atomic mass is 9.93. The Hall–Kier alpha value is -0.610. The van der Waals surface area contributed by atoms with Crippen molar-refractivity contribution in [2.24, 2.45) is 5.41 Å². The number of hydrogen-bond donors (Lipinski definition) is 1. The summed E-state index contributed by atoms with van der Waals surface area (Å²) in [5, 5.41) is 4.81. The smallest absolute Gasteiger partial charge is 0.185 e. The Morgan fingerprint density at radius 1 is 1.44 bits per heavy atom. The van der Waals surface area contributed by atoms with Gasteiger partial charge in [0, 0.05) is 30.6 Å². The van der Waals surface area contributed by atoms with Gasteiger partial charge in [0.25, 0.3) is 0 Å². The summed E-state index contributed by atoms with van der Waals surface area (Å²) < 4.78 is 0. The molecule has 1 aromatic heterocycles. The molecule has 1 saturated carbocycles. The molecule has 2 aliphatic rings. The third-order valence-corrected chi connectivity index (χ3v) is 5.18. The molecule has 100 valence electrons. The first kappa shape index (κ1) is 12.4. The summed E-state index contributed by atoms with van der Waals surface area (Å²) in [5.41, 5.74) is 1.67. The Labute approximate surface area is 114 Å². The topological polar surface area (TPSA) is 28.2 Å². The van der Waals surface area contributed by atoms with Gasteiger partial charge in [0.2, 0.25) is 0 Å². The van der Waals surface area contributed by atoms with E-state index in [0.717, 1.165) is 25.7 Å². The number of hydrogen-bond acceptors (Lipinski definition) is 4. The van der Waals surface area contributed by atoms with Gasteiger partial charge in [-0.25, -0.2) is 4.98 Å². The van der Waals surface area contributed by atoms with Crippen LogP contribution in [0.3, 0.4) is 0 Å². The quantitative estimate of drug-likeness (QED) is 0.907. The Balaban J connectivity index is 1.67. The molecule has 0 atom stereocenters. The second-order valence-corrected chi connectivity index (χ2v) is 7.56. The van der Waals surface area contributed by atoms with Crippen molar-refractivity contribution in [2.45, 2.75) is 52.6 Å². The van der Waals surface area contributed by atoms with Crippen LogP contribution < -0.4 is 10.2 Å². The number of aromatic nitrogens is 1. The summed E-state index contributed by atoms with van der Waals surface area (Å²) in [6.07, 6.45) is 3.98. The summed E-state index contributed by atoms with van der Waals surface area (Å²) in [5.74, 6) is 0. The summed E-state index contributed by atoms with van der Waals surface area (Å²) in [7, 11) is 0. The molecule has 18 heavy (non-hydrogen) atoms. The van der Waals surface area contributed by atoms with E-state index in [2.05, 4.69) is 31.0 Å². The lowest BCUT2D eigenvalue weighted by Gasteiger charge is -2.18. The third kappa shape index (κ3) is 2.69. The average molecular weight is 265 g/mol. The predicted octanol–water partition coefficient (Wildman–Crippen LogP) is 2.94. The highest BCUT2D eigenvalue weighted by Gasteiger charge is 2.31. The van der Waals surface area contributed by atoms with E-state index in [-0.39, 0.29) is 0 Å². The van der Waals surface area contributed by atoms with E-state index in [9.17, 15) is 0 Å². The fraction of sp³-hybridized carbons (Fsp3) is 0.786. The van der Waals surface area contributed by atoms with Gasteiger partial charge in [-0.15, -0.1) is 11.3 Å². The number of anilines is 1. The van der Waals surface area contributed by atoms with Gasteiger partial charge in [-0.1, -0.05) is 13.8 Å². The average Bonchev–Trinajstić information content (AvgIpc) is 2.96. The maximum Gasteiger partial charge on any atom is 0.185 e. The molecular formula is C14H23N3S. The lowest BCUT2D eigenvalue weighted by molar-refractivity contribution is 0.418. The minimum absolute atomic E-state index is 0.450. The number of nitrogens with one attached hydrogen (secondary N) is 1. The first-order chi connectivity index (χ1) is 8.53. The van der Waals surface area contributed by atoms with Crippen LogP contribution in [0.15, 0.2) is 0 Å². The summed E-state index contributed by atoms with van der Waals surface area (Å²) in [4.78, 5) is 8.64. The molecule has 0 amide bonds. The molecule has 3 rings (SSSR count). The number of rotatable bonds is 4. The van der Waals surface area contributed by atoms with Crippen molar-refractivity contribution in [3.8, 4) is 0 Å². The van der Waals surface area contributed by atoms with Crippen LogP contribution in [0.4, 0.5) is 5.13 Å². The molecule has 1 aliphatic carbocycles. The van der Waals surface area contributed by atoms with Crippen LogP contribution in [0.1, 0.15) is 43.7 Å². The van der Waals surface area contributed by atoms with Gasteiger partial charge in [-0.2, -0.15) is 0 Å². The van der Waals surface area contributed by atoms with Gasteiger partial charge in [0.15, 0.2) is 5.13 Å². The Kier molecular flexibility index (Phi) is 3.10. The fourth-order valence-electron chi connectivity index (χ4n) is 2.51. The van der Waals surface area contributed by atoms with Gasteiger partial charge < -0.3 is 10.2 Å². The van der Waals surface area contributed by atoms with E-state index >= 15 is 0 Å². The number of thiazole rings is 1. The summed E-state index contributed by atoms with van der Waals surface area (Å²) in [6.45, 7) is 10.2. The number of nitrogens with zero attached hydrogens (tertiary/aromatic N) is 2. The van der Waals surface area contributed by atoms with Crippen LogP contribution in [0.5, 0.6) is 0 Å². The number of aryl methyl sites for hydroxylation is 1. The molecular weight excluding hydrogens is 242 g/mol. The molecule has 1 N–H and O–H groups in total. The van der Waals surface area contributed by atoms with Crippen molar-refractivity contribution in [3.05, 3.63) is 10.6 Å². The normalized spacial score (nSPS) is 22.7. The molecule has 2 fully saturated rings. The maximum absolute atomic E-state index is 4.76. The largest absolute Gasteiger partial charge is 0.348 e. The molecule has 1 aliphatic heterocycles. The molecule has 0 bridgehead atoms. The van der Waals surface area contributed by atoms with Crippen LogP contribution in [-0.2, 0) is 6.54 Å². The van der Waals surface area contributed by atoms with Crippen LogP contribution >= 0.6 is 11.3 Å². The van der Waals surface area contributed by atoms with Gasteiger partial charge >= 0.3 is 0 Å². The molecule has 0 aromatic carbocycles. The van der Waals surface area contributed by atoms with Crippen LogP contribution in [0.2, 0.25) is 0 Å². The van der Waals surface area contributed by atoms with Gasteiger partial charge in [-0.3, -0.25) is 0 Å². The van der Waals surface area contributed by atoms with Crippen LogP contribution in [0.25, 0.3) is 0 Å². The molecule has 2 heterocycles. The standard InChI is InChI=1S/C14H23N3S/c1-10-12(8-15-11-4-5-11)18-13(16-10)17-7-6-14(2,3)9-17/h11,15H,4-9H2,1-3H3. The zero-order valence-corrected chi connectivity index (χ0v) is 12.4. The van der Waals surface area contributed by atoms with E-state index < -0.39 is 0 Å². The molecule has 3 nitrogen and oxygen atoms in total. The summed E-state index contributed by atoms with van der Waals surface area (Å²) in [6, 6.07) is 0.778. The van der Waals surface area contributed by atoms with Crippen LogP contribution in [0, 0.1) is 12.3 Å². The highest BCUT2D eigenvalue weighted by Crippen LogP contribution is 2.35. The lowest BCUT2D eigenvalue weighted by Crippen LogP contribution is -2.22. The van der Waals surface area contributed by atoms with Crippen molar-refractivity contribution in [1.82, 2.24) is 10.3 Å². The fourth-order valence-corrected chi connectivity index (χ4v) is 3.55. The van der Waals surface area contributed by atoms with Crippen molar-refractivity contribution in [3.63, 3.8) is 0 Å². The predicted molar refractivity (Wildman–Crippen MR) is 77.3 cm³/mol. The van der Waals surface area contributed by atoms with E-state index in [0.29, 0.717) is 5.41 Å². The van der Waals surface area contributed by atoms with Crippen molar-refractivity contribution in [2.75, 3.05) is 18.0 Å². The highest BCUT2D eigenvalue weighted by molar-refractivity contribution is 7.15. The van der Waals surface area contributed by atoms with Crippen molar-refractivity contribution >= 4 is 16.5 Å². The van der Waals surface area contributed by atoms with Gasteiger partial charge in [0.1, 0.15) is 0 Å². The van der Waals surface area contributed by atoms with Crippen LogP contribution in [-0.4, -0.2) is 24.1 Å². The van der Waals surface area contributed by atoms with Gasteiger partial charge in [0.05, 0.1) is 5.69 Å². The van der Waals surface area contributed by atoms with Crippen molar-refractivity contribution in [1.29, 1.82) is 0 Å². The first-order valence-electron chi connectivity index (χ1n) is 6.98. The molecule has 0 unspecified atom stereocenters. The SMILES string of the molecule is Cc1nc(N2CCC(C)(C)C2)sc1CNC1CC1. The first-order valence-corrected chi connectivity index (χ1v) is 7.80. The molecule has 0 radical (unpaired) electrons. The Morgan fingerprint density at radius 3 is 2.83 bits per heavy atom. The van der Waals surface area contributed by atoms with E-state index in [1.54, 1.807) is 0 Å². The van der Waals surface area contributed by atoms with Gasteiger partial charge in [-0.05, 0) is 31.6 Å². The second-order valence-electron chi connectivity index (χ2n) is 6.50. The zero-order valence-electron chi connectivity index (χ0n) is 11.6.